The SMILES string of the molecule is CCCCCCCCCCCCCCCCCCCCCCCCCC(CCCCCCCC)C(=O)NC. The van der Waals surface area contributed by atoms with E-state index in [0.717, 1.165) is 12.8 Å². The Labute approximate surface area is 241 Å². The molecule has 0 saturated heterocycles. The Morgan fingerprint density at radius 3 is 0.816 bits per heavy atom. The van der Waals surface area contributed by atoms with Crippen molar-refractivity contribution in [2.75, 3.05) is 7.05 Å². The van der Waals surface area contributed by atoms with Crippen LogP contribution in [-0.4, -0.2) is 13.0 Å². The lowest BCUT2D eigenvalue weighted by atomic mass is 9.93. The van der Waals surface area contributed by atoms with Crippen molar-refractivity contribution in [2.24, 2.45) is 5.92 Å². The van der Waals surface area contributed by atoms with E-state index in [1.807, 2.05) is 0 Å². The molecule has 2 nitrogen and oxygen atoms in total. The molecule has 0 aromatic heterocycles. The van der Waals surface area contributed by atoms with Crippen LogP contribution in [0.2, 0.25) is 0 Å². The molecule has 1 amide bonds. The molecule has 0 aliphatic heterocycles. The van der Waals surface area contributed by atoms with E-state index in [0.29, 0.717) is 0 Å². The molecule has 38 heavy (non-hydrogen) atoms. The second-order valence-corrected chi connectivity index (χ2v) is 12.4. The molecule has 0 aliphatic rings. The van der Waals surface area contributed by atoms with Crippen molar-refractivity contribution in [1.29, 1.82) is 0 Å². The first-order chi connectivity index (χ1) is 18.8. The molecule has 0 saturated carbocycles. The molecule has 0 rings (SSSR count). The first kappa shape index (κ1) is 37.5. The van der Waals surface area contributed by atoms with E-state index in [9.17, 15) is 4.79 Å². The van der Waals surface area contributed by atoms with Gasteiger partial charge in [-0.2, -0.15) is 0 Å². The van der Waals surface area contributed by atoms with Crippen LogP contribution in [0, 0.1) is 5.92 Å². The quantitative estimate of drug-likeness (QED) is 0.0852. The Morgan fingerprint density at radius 2 is 0.605 bits per heavy atom. The van der Waals surface area contributed by atoms with Crippen LogP contribution in [-0.2, 0) is 4.79 Å². The summed E-state index contributed by atoms with van der Waals surface area (Å²) in [6, 6.07) is 0. The topological polar surface area (TPSA) is 29.1 Å². The van der Waals surface area contributed by atoms with Crippen molar-refractivity contribution in [1.82, 2.24) is 5.32 Å². The summed E-state index contributed by atoms with van der Waals surface area (Å²) >= 11 is 0. The Kier molecular flexibility index (Phi) is 32.2. The van der Waals surface area contributed by atoms with Crippen molar-refractivity contribution < 1.29 is 4.79 Å². The van der Waals surface area contributed by atoms with Crippen molar-refractivity contribution in [3.8, 4) is 0 Å². The third kappa shape index (κ3) is 28.5. The molecule has 228 valence electrons. The fourth-order valence-corrected chi connectivity index (χ4v) is 5.96. The van der Waals surface area contributed by atoms with E-state index < -0.39 is 0 Å². The average molecular weight is 536 g/mol. The first-order valence-corrected chi connectivity index (χ1v) is 18.0. The highest BCUT2D eigenvalue weighted by molar-refractivity contribution is 5.78. The molecule has 0 aromatic rings. The highest BCUT2D eigenvalue weighted by atomic mass is 16.1. The number of amides is 1. The fraction of sp³-hybridized carbons (Fsp3) is 0.972. The summed E-state index contributed by atoms with van der Waals surface area (Å²) in [5, 5.41) is 2.90. The fourth-order valence-electron chi connectivity index (χ4n) is 5.96. The number of carbonyl (C=O) groups is 1. The summed E-state index contributed by atoms with van der Waals surface area (Å²) in [5.74, 6) is 0.526. The number of hydrogen-bond donors (Lipinski definition) is 1. The van der Waals surface area contributed by atoms with E-state index in [1.54, 1.807) is 7.05 Å². The molecule has 1 atom stereocenters. The largest absolute Gasteiger partial charge is 0.359 e. The van der Waals surface area contributed by atoms with Crippen LogP contribution in [0.4, 0.5) is 0 Å². The van der Waals surface area contributed by atoms with E-state index in [-0.39, 0.29) is 11.8 Å². The van der Waals surface area contributed by atoms with Gasteiger partial charge in [0.25, 0.3) is 0 Å². The molecule has 0 spiro atoms. The number of unbranched alkanes of at least 4 members (excludes halogenated alkanes) is 27. The van der Waals surface area contributed by atoms with Crippen LogP contribution < -0.4 is 5.32 Å². The second-order valence-electron chi connectivity index (χ2n) is 12.4. The molecular weight excluding hydrogens is 462 g/mol. The Hall–Kier alpha value is -0.530. The third-order valence-electron chi connectivity index (χ3n) is 8.68. The lowest BCUT2D eigenvalue weighted by molar-refractivity contribution is -0.125. The number of rotatable bonds is 32. The van der Waals surface area contributed by atoms with Gasteiger partial charge in [-0.3, -0.25) is 4.79 Å². The summed E-state index contributed by atoms with van der Waals surface area (Å²) in [6.07, 6.45) is 43.0. The van der Waals surface area contributed by atoms with Gasteiger partial charge in [0.15, 0.2) is 0 Å². The summed E-state index contributed by atoms with van der Waals surface area (Å²) in [4.78, 5) is 12.2. The lowest BCUT2D eigenvalue weighted by Gasteiger charge is -2.15. The van der Waals surface area contributed by atoms with E-state index in [2.05, 4.69) is 19.2 Å². The molecule has 0 radical (unpaired) electrons. The van der Waals surface area contributed by atoms with Gasteiger partial charge < -0.3 is 5.32 Å². The van der Waals surface area contributed by atoms with Crippen LogP contribution in [0.15, 0.2) is 0 Å². The van der Waals surface area contributed by atoms with Gasteiger partial charge in [-0.15, -0.1) is 0 Å². The van der Waals surface area contributed by atoms with Crippen molar-refractivity contribution >= 4 is 5.91 Å². The molecular formula is C36H73NO. The van der Waals surface area contributed by atoms with Crippen molar-refractivity contribution in [2.45, 2.75) is 213 Å². The van der Waals surface area contributed by atoms with Crippen LogP contribution in [0.1, 0.15) is 213 Å². The summed E-state index contributed by atoms with van der Waals surface area (Å²) in [5.41, 5.74) is 0. The van der Waals surface area contributed by atoms with E-state index in [4.69, 9.17) is 0 Å². The Morgan fingerprint density at radius 1 is 0.395 bits per heavy atom. The smallest absolute Gasteiger partial charge is 0.222 e. The van der Waals surface area contributed by atoms with Gasteiger partial charge in [0, 0.05) is 13.0 Å². The summed E-state index contributed by atoms with van der Waals surface area (Å²) in [7, 11) is 1.80. The van der Waals surface area contributed by atoms with Gasteiger partial charge in [-0.1, -0.05) is 200 Å². The molecule has 0 aromatic carbocycles. The summed E-state index contributed by atoms with van der Waals surface area (Å²) in [6.45, 7) is 4.57. The normalized spacial score (nSPS) is 12.2. The predicted molar refractivity (Wildman–Crippen MR) is 172 cm³/mol. The zero-order valence-corrected chi connectivity index (χ0v) is 26.9. The maximum absolute atomic E-state index is 12.2. The molecule has 0 fully saturated rings. The zero-order valence-electron chi connectivity index (χ0n) is 26.9. The molecule has 0 heterocycles. The van der Waals surface area contributed by atoms with Gasteiger partial charge in [0.05, 0.1) is 0 Å². The standard InChI is InChI=1S/C36H73NO/c1-4-6-8-10-12-13-14-15-16-17-18-19-20-21-22-23-24-25-26-27-28-30-32-34-35(36(38)37-3)33-31-29-11-9-7-5-2/h35H,4-34H2,1-3H3,(H,37,38). The van der Waals surface area contributed by atoms with Gasteiger partial charge in [-0.25, -0.2) is 0 Å². The number of hydrogen-bond acceptors (Lipinski definition) is 1. The minimum Gasteiger partial charge on any atom is -0.359 e. The highest BCUT2D eigenvalue weighted by Gasteiger charge is 2.16. The molecule has 0 aliphatic carbocycles. The Balaban J connectivity index is 3.34. The monoisotopic (exact) mass is 536 g/mol. The van der Waals surface area contributed by atoms with Crippen molar-refractivity contribution in [3.63, 3.8) is 0 Å². The van der Waals surface area contributed by atoms with E-state index in [1.165, 1.54) is 186 Å². The molecule has 0 bridgehead atoms. The molecule has 1 N–H and O–H groups in total. The van der Waals surface area contributed by atoms with Crippen LogP contribution in [0.5, 0.6) is 0 Å². The summed E-state index contributed by atoms with van der Waals surface area (Å²) < 4.78 is 0. The highest BCUT2D eigenvalue weighted by Crippen LogP contribution is 2.20. The minimum atomic E-state index is 0.251. The number of nitrogens with one attached hydrogen (secondary N) is 1. The minimum absolute atomic E-state index is 0.251. The third-order valence-corrected chi connectivity index (χ3v) is 8.68. The van der Waals surface area contributed by atoms with Crippen LogP contribution >= 0.6 is 0 Å². The van der Waals surface area contributed by atoms with Gasteiger partial charge in [0.2, 0.25) is 5.91 Å². The average Bonchev–Trinajstić information content (AvgIpc) is 2.93. The Bertz CT molecular complexity index is 449. The van der Waals surface area contributed by atoms with Gasteiger partial charge in [0.1, 0.15) is 0 Å². The van der Waals surface area contributed by atoms with Gasteiger partial charge in [-0.05, 0) is 12.8 Å². The zero-order chi connectivity index (χ0) is 27.8. The maximum Gasteiger partial charge on any atom is 0.222 e. The molecule has 1 unspecified atom stereocenters. The van der Waals surface area contributed by atoms with E-state index >= 15 is 0 Å². The van der Waals surface area contributed by atoms with Crippen LogP contribution in [0.25, 0.3) is 0 Å². The second kappa shape index (κ2) is 32.7. The van der Waals surface area contributed by atoms with Gasteiger partial charge >= 0.3 is 0 Å². The van der Waals surface area contributed by atoms with Crippen LogP contribution in [0.3, 0.4) is 0 Å². The predicted octanol–water partition coefficient (Wildman–Crippen LogP) is 12.5. The lowest BCUT2D eigenvalue weighted by Crippen LogP contribution is -2.27. The van der Waals surface area contributed by atoms with Crippen molar-refractivity contribution in [3.05, 3.63) is 0 Å². The first-order valence-electron chi connectivity index (χ1n) is 18.0. The molecule has 2 heteroatoms. The number of carbonyl (C=O) groups excluding carboxylic acids is 1. The maximum atomic E-state index is 12.2.